The van der Waals surface area contributed by atoms with Crippen LogP contribution in [0, 0.1) is 19.7 Å². The number of nitrogens with zero attached hydrogens (tertiary/aromatic N) is 2. The zero-order valence-electron chi connectivity index (χ0n) is 13.1. The van der Waals surface area contributed by atoms with Gasteiger partial charge in [-0.05, 0) is 43.5 Å². The third-order valence-electron chi connectivity index (χ3n) is 3.43. The molecule has 120 valence electrons. The van der Waals surface area contributed by atoms with E-state index in [4.69, 9.17) is 0 Å². The first kappa shape index (κ1) is 17.1. The summed E-state index contributed by atoms with van der Waals surface area (Å²) in [4.78, 5) is 5.47. The Hall–Kier alpha value is -1.31. The van der Waals surface area contributed by atoms with Crippen molar-refractivity contribution in [2.45, 2.75) is 38.6 Å². The summed E-state index contributed by atoms with van der Waals surface area (Å²) >= 11 is 1.50. The average Bonchev–Trinajstić information content (AvgIpc) is 2.91. The topological polar surface area (TPSA) is 50.3 Å². The zero-order chi connectivity index (χ0) is 16.5. The lowest BCUT2D eigenvalue weighted by atomic mass is 10.1. The Kier molecular flexibility index (Phi) is 4.99. The van der Waals surface area contributed by atoms with Gasteiger partial charge in [-0.1, -0.05) is 6.92 Å². The van der Waals surface area contributed by atoms with Gasteiger partial charge in [-0.25, -0.2) is 17.8 Å². The van der Waals surface area contributed by atoms with Crippen LogP contribution in [0.2, 0.25) is 0 Å². The Morgan fingerprint density at radius 1 is 1.27 bits per heavy atom. The van der Waals surface area contributed by atoms with Crippen molar-refractivity contribution in [3.05, 3.63) is 45.2 Å². The van der Waals surface area contributed by atoms with Crippen molar-refractivity contribution in [3.63, 3.8) is 0 Å². The maximum absolute atomic E-state index is 13.7. The van der Waals surface area contributed by atoms with Gasteiger partial charge >= 0.3 is 0 Å². The molecular weight excluding hydrogens is 323 g/mol. The van der Waals surface area contributed by atoms with Crippen molar-refractivity contribution in [2.24, 2.45) is 0 Å². The summed E-state index contributed by atoms with van der Waals surface area (Å²) in [6.45, 7) is 5.37. The maximum atomic E-state index is 13.7. The number of halogens is 1. The van der Waals surface area contributed by atoms with Crippen molar-refractivity contribution in [1.82, 2.24) is 9.29 Å². The van der Waals surface area contributed by atoms with E-state index in [1.165, 1.54) is 34.8 Å². The molecule has 0 fully saturated rings. The first-order valence-corrected chi connectivity index (χ1v) is 9.18. The molecular formula is C15H19FN2O2S2. The molecule has 0 radical (unpaired) electrons. The van der Waals surface area contributed by atoms with Crippen LogP contribution < -0.4 is 0 Å². The molecule has 0 saturated carbocycles. The largest absolute Gasteiger partial charge is 0.248 e. The lowest BCUT2D eigenvalue weighted by Crippen LogP contribution is -2.26. The van der Waals surface area contributed by atoms with Crippen molar-refractivity contribution in [3.8, 4) is 0 Å². The van der Waals surface area contributed by atoms with Crippen LogP contribution in [0.5, 0.6) is 0 Å². The number of aryl methyl sites for hydroxylation is 3. The second-order valence-electron chi connectivity index (χ2n) is 5.21. The van der Waals surface area contributed by atoms with E-state index < -0.39 is 10.0 Å². The summed E-state index contributed by atoms with van der Waals surface area (Å²) in [6, 6.07) is 2.74. The highest BCUT2D eigenvalue weighted by Gasteiger charge is 2.23. The van der Waals surface area contributed by atoms with Crippen molar-refractivity contribution in [2.75, 3.05) is 7.05 Å². The number of hydrogen-bond donors (Lipinski definition) is 0. The SMILES string of the molecule is CCc1cnc(CN(C)S(=O)(=O)c2cc(C)c(F)c(C)c2)s1. The van der Waals surface area contributed by atoms with Crippen molar-refractivity contribution < 1.29 is 12.8 Å². The Morgan fingerprint density at radius 3 is 2.36 bits per heavy atom. The average molecular weight is 342 g/mol. The summed E-state index contributed by atoms with van der Waals surface area (Å²) in [5.74, 6) is -0.367. The molecule has 4 nitrogen and oxygen atoms in total. The summed E-state index contributed by atoms with van der Waals surface area (Å²) in [7, 11) is -2.15. The molecule has 0 aliphatic heterocycles. The lowest BCUT2D eigenvalue weighted by molar-refractivity contribution is 0.465. The van der Waals surface area contributed by atoms with Gasteiger partial charge in [0.25, 0.3) is 0 Å². The first-order chi connectivity index (χ1) is 10.3. The number of hydrogen-bond acceptors (Lipinski definition) is 4. The van der Waals surface area contributed by atoms with E-state index in [0.717, 1.165) is 16.3 Å². The highest BCUT2D eigenvalue weighted by molar-refractivity contribution is 7.89. The smallest absolute Gasteiger partial charge is 0.243 e. The summed E-state index contributed by atoms with van der Waals surface area (Å²) in [6.07, 6.45) is 2.65. The summed E-state index contributed by atoms with van der Waals surface area (Å²) in [5.41, 5.74) is 0.656. The normalized spacial score (nSPS) is 12.1. The fourth-order valence-electron chi connectivity index (χ4n) is 2.10. The number of rotatable bonds is 5. The van der Waals surface area contributed by atoms with E-state index in [9.17, 15) is 12.8 Å². The molecule has 0 saturated heterocycles. The van der Waals surface area contributed by atoms with Gasteiger partial charge in [-0.2, -0.15) is 4.31 Å². The standard InChI is InChI=1S/C15H19FN2O2S2/c1-5-12-8-17-14(21-12)9-18(4)22(19,20)13-6-10(2)15(16)11(3)7-13/h6-8H,5,9H2,1-4H3. The van der Waals surface area contributed by atoms with Crippen LogP contribution in [0.1, 0.15) is 27.9 Å². The van der Waals surface area contributed by atoms with Crippen LogP contribution in [0.4, 0.5) is 4.39 Å². The molecule has 0 aliphatic carbocycles. The van der Waals surface area contributed by atoms with E-state index in [1.807, 2.05) is 6.92 Å². The maximum Gasteiger partial charge on any atom is 0.243 e. The minimum absolute atomic E-state index is 0.110. The van der Waals surface area contributed by atoms with Gasteiger partial charge in [0.1, 0.15) is 10.8 Å². The van der Waals surface area contributed by atoms with Gasteiger partial charge in [-0.3, -0.25) is 0 Å². The van der Waals surface area contributed by atoms with Crippen LogP contribution in [-0.4, -0.2) is 24.8 Å². The number of benzene rings is 1. The van der Waals surface area contributed by atoms with Gasteiger partial charge in [-0.15, -0.1) is 11.3 Å². The quantitative estimate of drug-likeness (QED) is 0.838. The fourth-order valence-corrected chi connectivity index (χ4v) is 4.40. The molecule has 0 spiro atoms. The van der Waals surface area contributed by atoms with Crippen LogP contribution in [-0.2, 0) is 23.0 Å². The monoisotopic (exact) mass is 342 g/mol. The third-order valence-corrected chi connectivity index (χ3v) is 6.33. The van der Waals surface area contributed by atoms with Crippen LogP contribution in [0.3, 0.4) is 0 Å². The lowest BCUT2D eigenvalue weighted by Gasteiger charge is -2.17. The second-order valence-corrected chi connectivity index (χ2v) is 8.45. The minimum atomic E-state index is -3.66. The Bertz CT molecular complexity index is 762. The van der Waals surface area contributed by atoms with E-state index >= 15 is 0 Å². The Morgan fingerprint density at radius 2 is 1.86 bits per heavy atom. The van der Waals surface area contributed by atoms with Crippen molar-refractivity contribution >= 4 is 21.4 Å². The minimum Gasteiger partial charge on any atom is -0.248 e. The molecule has 2 aromatic rings. The second kappa shape index (κ2) is 6.44. The van der Waals surface area contributed by atoms with E-state index in [2.05, 4.69) is 4.98 Å². The molecule has 2 rings (SSSR count). The van der Waals surface area contributed by atoms with Crippen LogP contribution in [0.15, 0.2) is 23.2 Å². The van der Waals surface area contributed by atoms with Crippen molar-refractivity contribution in [1.29, 1.82) is 0 Å². The van der Waals surface area contributed by atoms with Gasteiger partial charge in [0, 0.05) is 18.1 Å². The van der Waals surface area contributed by atoms with Crippen LogP contribution >= 0.6 is 11.3 Å². The number of aromatic nitrogens is 1. The third kappa shape index (κ3) is 3.37. The fraction of sp³-hybridized carbons (Fsp3) is 0.400. The predicted molar refractivity (Wildman–Crippen MR) is 86.0 cm³/mol. The highest BCUT2D eigenvalue weighted by atomic mass is 32.2. The molecule has 22 heavy (non-hydrogen) atoms. The molecule has 0 N–H and O–H groups in total. The van der Waals surface area contributed by atoms with Gasteiger partial charge < -0.3 is 0 Å². The molecule has 0 atom stereocenters. The Balaban J connectivity index is 2.29. The van der Waals surface area contributed by atoms with Crippen LogP contribution in [0.25, 0.3) is 0 Å². The van der Waals surface area contributed by atoms with Gasteiger partial charge in [0.05, 0.1) is 11.4 Å². The summed E-state index contributed by atoms with van der Waals surface area (Å²) < 4.78 is 40.1. The first-order valence-electron chi connectivity index (χ1n) is 6.92. The van der Waals surface area contributed by atoms with E-state index in [1.54, 1.807) is 20.0 Å². The molecule has 1 aromatic carbocycles. The molecule has 7 heteroatoms. The predicted octanol–water partition coefficient (Wildman–Crippen LogP) is 3.28. The molecule has 0 amide bonds. The summed E-state index contributed by atoms with van der Waals surface area (Å²) in [5, 5.41) is 0.749. The molecule has 0 aliphatic rings. The van der Waals surface area contributed by atoms with Gasteiger partial charge in [0.15, 0.2) is 0 Å². The van der Waals surface area contributed by atoms with E-state index in [-0.39, 0.29) is 17.3 Å². The van der Waals surface area contributed by atoms with E-state index in [0.29, 0.717) is 11.1 Å². The Labute approximate surface area is 134 Å². The molecule has 1 aromatic heterocycles. The van der Waals surface area contributed by atoms with Gasteiger partial charge in [0.2, 0.25) is 10.0 Å². The molecule has 0 bridgehead atoms. The highest BCUT2D eigenvalue weighted by Crippen LogP contribution is 2.23. The molecule has 1 heterocycles. The molecule has 0 unspecified atom stereocenters. The number of sulfonamides is 1. The number of thiazole rings is 1. The zero-order valence-corrected chi connectivity index (χ0v) is 14.7.